The molecule has 1 N–H and O–H groups in total. The lowest BCUT2D eigenvalue weighted by molar-refractivity contribution is 0.107. The molecule has 0 bridgehead atoms. The summed E-state index contributed by atoms with van der Waals surface area (Å²) in [6, 6.07) is 3.91. The molecule has 1 aliphatic heterocycles. The van der Waals surface area contributed by atoms with E-state index in [4.69, 9.17) is 9.47 Å². The lowest BCUT2D eigenvalue weighted by Crippen LogP contribution is -2.28. The van der Waals surface area contributed by atoms with Gasteiger partial charge in [0.2, 0.25) is 5.88 Å². The SMILES string of the molecule is CCn1c([C@@H]2C[C@H](OC)CN2Cc2cccnc2OC)n[nH]c1=O. The Labute approximate surface area is 140 Å². The molecule has 0 saturated carbocycles. The minimum Gasteiger partial charge on any atom is -0.481 e. The third-order valence-electron chi connectivity index (χ3n) is 4.52. The molecule has 0 unspecified atom stereocenters. The summed E-state index contributed by atoms with van der Waals surface area (Å²) in [6.45, 7) is 3.96. The van der Waals surface area contributed by atoms with Crippen molar-refractivity contribution < 1.29 is 9.47 Å². The largest absolute Gasteiger partial charge is 0.481 e. The van der Waals surface area contributed by atoms with Crippen LogP contribution in [0.5, 0.6) is 5.88 Å². The Morgan fingerprint density at radius 2 is 2.25 bits per heavy atom. The molecule has 24 heavy (non-hydrogen) atoms. The fourth-order valence-electron chi connectivity index (χ4n) is 3.31. The normalized spacial score (nSPS) is 21.3. The number of H-pyrrole nitrogens is 1. The summed E-state index contributed by atoms with van der Waals surface area (Å²) < 4.78 is 12.6. The highest BCUT2D eigenvalue weighted by molar-refractivity contribution is 5.25. The third-order valence-corrected chi connectivity index (χ3v) is 4.52. The van der Waals surface area contributed by atoms with Crippen LogP contribution in [0.2, 0.25) is 0 Å². The van der Waals surface area contributed by atoms with E-state index < -0.39 is 0 Å². The summed E-state index contributed by atoms with van der Waals surface area (Å²) in [7, 11) is 3.33. The first kappa shape index (κ1) is 16.7. The molecule has 8 heteroatoms. The average Bonchev–Trinajstić information content (AvgIpc) is 3.18. The van der Waals surface area contributed by atoms with Crippen molar-refractivity contribution >= 4 is 0 Å². The summed E-state index contributed by atoms with van der Waals surface area (Å²) in [5.41, 5.74) is 0.829. The van der Waals surface area contributed by atoms with E-state index in [2.05, 4.69) is 20.1 Å². The smallest absolute Gasteiger partial charge is 0.343 e. The van der Waals surface area contributed by atoms with E-state index in [1.807, 2.05) is 19.1 Å². The molecule has 3 heterocycles. The van der Waals surface area contributed by atoms with Crippen LogP contribution >= 0.6 is 0 Å². The van der Waals surface area contributed by atoms with Crippen molar-refractivity contribution in [2.75, 3.05) is 20.8 Å². The van der Waals surface area contributed by atoms with Gasteiger partial charge in [0, 0.05) is 38.5 Å². The highest BCUT2D eigenvalue weighted by Gasteiger charge is 2.36. The van der Waals surface area contributed by atoms with E-state index in [9.17, 15) is 4.79 Å². The highest BCUT2D eigenvalue weighted by Crippen LogP contribution is 2.34. The summed E-state index contributed by atoms with van der Waals surface area (Å²) in [5, 5.41) is 6.81. The van der Waals surface area contributed by atoms with Gasteiger partial charge in [-0.05, 0) is 19.4 Å². The van der Waals surface area contributed by atoms with Gasteiger partial charge in [-0.2, -0.15) is 5.10 Å². The van der Waals surface area contributed by atoms with E-state index in [0.29, 0.717) is 19.0 Å². The van der Waals surface area contributed by atoms with Crippen LogP contribution in [0.1, 0.15) is 30.8 Å². The van der Waals surface area contributed by atoms with Crippen molar-refractivity contribution in [2.45, 2.75) is 38.6 Å². The fourth-order valence-corrected chi connectivity index (χ4v) is 3.31. The van der Waals surface area contributed by atoms with Crippen molar-refractivity contribution in [2.24, 2.45) is 0 Å². The number of aromatic nitrogens is 4. The Morgan fingerprint density at radius 1 is 1.42 bits per heavy atom. The maximum absolute atomic E-state index is 11.9. The molecule has 130 valence electrons. The van der Waals surface area contributed by atoms with Crippen LogP contribution < -0.4 is 10.4 Å². The second-order valence-electron chi connectivity index (χ2n) is 5.84. The number of hydrogen-bond acceptors (Lipinski definition) is 6. The molecule has 2 atom stereocenters. The summed E-state index contributed by atoms with van der Waals surface area (Å²) in [4.78, 5) is 18.4. The molecule has 3 rings (SSSR count). The number of rotatable bonds is 6. The van der Waals surface area contributed by atoms with Gasteiger partial charge in [0.15, 0.2) is 5.82 Å². The number of nitrogens with one attached hydrogen (secondary N) is 1. The van der Waals surface area contributed by atoms with E-state index in [1.54, 1.807) is 25.0 Å². The Kier molecular flexibility index (Phi) is 4.96. The molecule has 0 radical (unpaired) electrons. The molecule has 0 aromatic carbocycles. The molecule has 0 spiro atoms. The lowest BCUT2D eigenvalue weighted by atomic mass is 10.1. The van der Waals surface area contributed by atoms with Crippen molar-refractivity contribution in [3.05, 3.63) is 40.2 Å². The first-order valence-corrected chi connectivity index (χ1v) is 8.07. The standard InChI is InChI=1S/C16H23N5O3/c1-4-21-14(18-19-16(21)22)13-8-12(23-2)10-20(13)9-11-6-5-7-17-15(11)24-3/h5-7,12-13H,4,8-10H2,1-3H3,(H,19,22)/t12-,13-/m0/s1. The zero-order valence-electron chi connectivity index (χ0n) is 14.2. The molecule has 1 aliphatic rings. The second kappa shape index (κ2) is 7.14. The number of nitrogens with zero attached hydrogens (tertiary/aromatic N) is 4. The van der Waals surface area contributed by atoms with Crippen molar-refractivity contribution in [1.29, 1.82) is 0 Å². The van der Waals surface area contributed by atoms with Crippen LogP contribution in [-0.2, 0) is 17.8 Å². The van der Waals surface area contributed by atoms with E-state index >= 15 is 0 Å². The number of pyridine rings is 1. The average molecular weight is 333 g/mol. The van der Waals surface area contributed by atoms with E-state index in [0.717, 1.165) is 24.4 Å². The maximum Gasteiger partial charge on any atom is 0.343 e. The fraction of sp³-hybridized carbons (Fsp3) is 0.562. The van der Waals surface area contributed by atoms with Crippen LogP contribution in [0.4, 0.5) is 0 Å². The molecule has 1 fully saturated rings. The minimum atomic E-state index is -0.174. The zero-order chi connectivity index (χ0) is 17.1. The quantitative estimate of drug-likeness (QED) is 0.847. The Morgan fingerprint density at radius 3 is 2.96 bits per heavy atom. The molecule has 1 saturated heterocycles. The first-order valence-electron chi connectivity index (χ1n) is 8.07. The summed E-state index contributed by atoms with van der Waals surface area (Å²) in [6.07, 6.45) is 2.61. The first-order chi connectivity index (χ1) is 11.7. The predicted molar refractivity (Wildman–Crippen MR) is 87.9 cm³/mol. The van der Waals surface area contributed by atoms with Gasteiger partial charge in [0.25, 0.3) is 0 Å². The van der Waals surface area contributed by atoms with Gasteiger partial charge in [-0.3, -0.25) is 9.47 Å². The van der Waals surface area contributed by atoms with Gasteiger partial charge < -0.3 is 9.47 Å². The molecule has 8 nitrogen and oxygen atoms in total. The van der Waals surface area contributed by atoms with Crippen LogP contribution in [-0.4, -0.2) is 51.5 Å². The van der Waals surface area contributed by atoms with Gasteiger partial charge in [0.05, 0.1) is 19.3 Å². The maximum atomic E-state index is 11.9. The second-order valence-corrected chi connectivity index (χ2v) is 5.84. The Hall–Kier alpha value is -2.19. The van der Waals surface area contributed by atoms with E-state index in [1.165, 1.54) is 0 Å². The van der Waals surface area contributed by atoms with Crippen molar-refractivity contribution in [3.8, 4) is 5.88 Å². The van der Waals surface area contributed by atoms with Gasteiger partial charge in [-0.25, -0.2) is 14.9 Å². The number of likely N-dealkylation sites (tertiary alicyclic amines) is 1. The zero-order valence-corrected chi connectivity index (χ0v) is 14.2. The number of methoxy groups -OCH3 is 2. The molecule has 0 amide bonds. The van der Waals surface area contributed by atoms with Crippen LogP contribution in [0, 0.1) is 0 Å². The summed E-state index contributed by atoms with van der Waals surface area (Å²) in [5.74, 6) is 1.37. The van der Waals surface area contributed by atoms with Crippen LogP contribution in [0.25, 0.3) is 0 Å². The Balaban J connectivity index is 1.90. The molecular weight excluding hydrogens is 310 g/mol. The molecule has 0 aliphatic carbocycles. The molecular formula is C16H23N5O3. The third kappa shape index (κ3) is 3.07. The number of hydrogen-bond donors (Lipinski definition) is 1. The van der Waals surface area contributed by atoms with Gasteiger partial charge in [-0.1, -0.05) is 6.07 Å². The number of ether oxygens (including phenoxy) is 2. The molecule has 2 aromatic rings. The predicted octanol–water partition coefficient (Wildman–Crippen LogP) is 0.957. The topological polar surface area (TPSA) is 85.3 Å². The van der Waals surface area contributed by atoms with Gasteiger partial charge in [-0.15, -0.1) is 0 Å². The highest BCUT2D eigenvalue weighted by atomic mass is 16.5. The monoisotopic (exact) mass is 333 g/mol. The van der Waals surface area contributed by atoms with Gasteiger partial charge in [0.1, 0.15) is 0 Å². The van der Waals surface area contributed by atoms with E-state index in [-0.39, 0.29) is 17.8 Å². The minimum absolute atomic E-state index is 0.0127. The van der Waals surface area contributed by atoms with Crippen LogP contribution in [0.3, 0.4) is 0 Å². The van der Waals surface area contributed by atoms with Gasteiger partial charge >= 0.3 is 5.69 Å². The Bertz CT molecular complexity index is 741. The lowest BCUT2D eigenvalue weighted by Gasteiger charge is -2.24. The summed E-state index contributed by atoms with van der Waals surface area (Å²) >= 11 is 0. The molecule has 2 aromatic heterocycles. The van der Waals surface area contributed by atoms with Crippen molar-refractivity contribution in [3.63, 3.8) is 0 Å². The van der Waals surface area contributed by atoms with Crippen LogP contribution in [0.15, 0.2) is 23.1 Å². The van der Waals surface area contributed by atoms with Crippen molar-refractivity contribution in [1.82, 2.24) is 24.6 Å². The number of aromatic amines is 1.